The number of likely N-dealkylation sites (tertiary alicyclic amines) is 1. The maximum atomic E-state index is 13.0. The molecule has 146 valence electrons. The van der Waals surface area contributed by atoms with Gasteiger partial charge in [-0.3, -0.25) is 14.5 Å². The minimum atomic E-state index is -0.363. The van der Waals surface area contributed by atoms with Crippen molar-refractivity contribution in [2.45, 2.75) is 38.6 Å². The van der Waals surface area contributed by atoms with Gasteiger partial charge in [0.15, 0.2) is 0 Å². The molecule has 2 heterocycles. The standard InChI is InChI=1S/C23H26N2O3/c1-16-13-19(26)7-8-20(16)25-22(27)15-21(23(25)28)24-11-9-18(10-12-24)14-17-5-3-2-4-6-17/h2-8,13,18,21,26H,9-12,14-15H2,1H3. The van der Waals surface area contributed by atoms with Gasteiger partial charge in [0.25, 0.3) is 5.91 Å². The first kappa shape index (κ1) is 18.7. The number of hydrogen-bond donors (Lipinski definition) is 1. The predicted octanol–water partition coefficient (Wildman–Crippen LogP) is 3.29. The van der Waals surface area contributed by atoms with Crippen molar-refractivity contribution >= 4 is 17.5 Å². The highest BCUT2D eigenvalue weighted by molar-refractivity contribution is 6.22. The number of rotatable bonds is 4. The number of phenols is 1. The number of carbonyl (C=O) groups is 2. The molecule has 0 aromatic heterocycles. The van der Waals surface area contributed by atoms with Gasteiger partial charge >= 0.3 is 0 Å². The fourth-order valence-corrected chi connectivity index (χ4v) is 4.46. The first-order valence-corrected chi connectivity index (χ1v) is 9.97. The number of carbonyl (C=O) groups excluding carboxylic acids is 2. The molecule has 2 saturated heterocycles. The van der Waals surface area contributed by atoms with Gasteiger partial charge < -0.3 is 5.11 Å². The topological polar surface area (TPSA) is 60.9 Å². The Labute approximate surface area is 165 Å². The number of piperidine rings is 1. The van der Waals surface area contributed by atoms with Crippen LogP contribution >= 0.6 is 0 Å². The van der Waals surface area contributed by atoms with Crippen LogP contribution in [0.4, 0.5) is 5.69 Å². The van der Waals surface area contributed by atoms with E-state index in [0.29, 0.717) is 11.6 Å². The summed E-state index contributed by atoms with van der Waals surface area (Å²) in [7, 11) is 0. The molecule has 2 amide bonds. The molecule has 0 aliphatic carbocycles. The number of aromatic hydroxyl groups is 1. The van der Waals surface area contributed by atoms with Crippen LogP contribution in [0.15, 0.2) is 48.5 Å². The molecule has 0 bridgehead atoms. The number of imide groups is 1. The normalized spacial score (nSPS) is 21.5. The molecule has 2 aliphatic heterocycles. The molecule has 0 radical (unpaired) electrons. The Hall–Kier alpha value is -2.66. The highest BCUT2D eigenvalue weighted by atomic mass is 16.3. The zero-order valence-electron chi connectivity index (χ0n) is 16.2. The third kappa shape index (κ3) is 3.67. The lowest BCUT2D eigenvalue weighted by atomic mass is 9.89. The Morgan fingerprint density at radius 1 is 1.04 bits per heavy atom. The number of nitrogens with zero attached hydrogens (tertiary/aromatic N) is 2. The predicted molar refractivity (Wildman–Crippen MR) is 108 cm³/mol. The fourth-order valence-electron chi connectivity index (χ4n) is 4.46. The minimum absolute atomic E-state index is 0.136. The highest BCUT2D eigenvalue weighted by Gasteiger charge is 2.43. The van der Waals surface area contributed by atoms with E-state index >= 15 is 0 Å². The summed E-state index contributed by atoms with van der Waals surface area (Å²) < 4.78 is 0. The molecule has 2 fully saturated rings. The van der Waals surface area contributed by atoms with Gasteiger partial charge in [-0.2, -0.15) is 0 Å². The Morgan fingerprint density at radius 2 is 1.75 bits per heavy atom. The molecule has 2 aromatic rings. The smallest absolute Gasteiger partial charge is 0.251 e. The van der Waals surface area contributed by atoms with E-state index < -0.39 is 0 Å². The summed E-state index contributed by atoms with van der Waals surface area (Å²) in [6.45, 7) is 3.51. The summed E-state index contributed by atoms with van der Waals surface area (Å²) in [6, 6.07) is 14.9. The van der Waals surface area contributed by atoms with Crippen molar-refractivity contribution < 1.29 is 14.7 Å². The van der Waals surface area contributed by atoms with Gasteiger partial charge in [0, 0.05) is 0 Å². The summed E-state index contributed by atoms with van der Waals surface area (Å²) in [5, 5.41) is 9.60. The van der Waals surface area contributed by atoms with Crippen LogP contribution in [0.3, 0.4) is 0 Å². The second-order valence-corrected chi connectivity index (χ2v) is 7.93. The third-order valence-corrected chi connectivity index (χ3v) is 6.00. The summed E-state index contributed by atoms with van der Waals surface area (Å²) >= 11 is 0. The Bertz CT molecular complexity index is 873. The molecular weight excluding hydrogens is 352 g/mol. The fraction of sp³-hybridized carbons (Fsp3) is 0.391. The highest BCUT2D eigenvalue weighted by Crippen LogP contribution is 2.32. The number of hydrogen-bond acceptors (Lipinski definition) is 4. The molecule has 1 N–H and O–H groups in total. The average Bonchev–Trinajstić information content (AvgIpc) is 2.98. The van der Waals surface area contributed by atoms with Crippen molar-refractivity contribution in [3.63, 3.8) is 0 Å². The first-order valence-electron chi connectivity index (χ1n) is 9.97. The van der Waals surface area contributed by atoms with Gasteiger partial charge in [-0.1, -0.05) is 30.3 Å². The molecular formula is C23H26N2O3. The second-order valence-electron chi connectivity index (χ2n) is 7.93. The van der Waals surface area contributed by atoms with Crippen LogP contribution in [0.2, 0.25) is 0 Å². The quantitative estimate of drug-likeness (QED) is 0.830. The summed E-state index contributed by atoms with van der Waals surface area (Å²) in [6.07, 6.45) is 3.41. The lowest BCUT2D eigenvalue weighted by Crippen LogP contribution is -2.46. The van der Waals surface area contributed by atoms with E-state index in [1.54, 1.807) is 19.1 Å². The van der Waals surface area contributed by atoms with Gasteiger partial charge in [0.05, 0.1) is 18.2 Å². The maximum Gasteiger partial charge on any atom is 0.251 e. The van der Waals surface area contributed by atoms with Crippen LogP contribution in [-0.4, -0.2) is 41.0 Å². The van der Waals surface area contributed by atoms with Crippen molar-refractivity contribution in [2.75, 3.05) is 18.0 Å². The van der Waals surface area contributed by atoms with Gasteiger partial charge in [-0.15, -0.1) is 0 Å². The molecule has 4 rings (SSSR count). The van der Waals surface area contributed by atoms with E-state index in [-0.39, 0.29) is 30.0 Å². The first-order chi connectivity index (χ1) is 13.5. The lowest BCUT2D eigenvalue weighted by Gasteiger charge is -2.35. The molecule has 0 saturated carbocycles. The minimum Gasteiger partial charge on any atom is -0.508 e. The van der Waals surface area contributed by atoms with Gasteiger partial charge in [0.1, 0.15) is 5.75 Å². The zero-order valence-corrected chi connectivity index (χ0v) is 16.2. The molecule has 1 atom stereocenters. The molecule has 2 aliphatic rings. The van der Waals surface area contributed by atoms with Crippen LogP contribution in [0.5, 0.6) is 5.75 Å². The van der Waals surface area contributed by atoms with Crippen LogP contribution in [0, 0.1) is 12.8 Å². The van der Waals surface area contributed by atoms with Crippen molar-refractivity contribution in [3.8, 4) is 5.75 Å². The Balaban J connectivity index is 1.41. The Morgan fingerprint density at radius 3 is 2.43 bits per heavy atom. The van der Waals surface area contributed by atoms with Crippen molar-refractivity contribution in [1.82, 2.24) is 4.90 Å². The van der Waals surface area contributed by atoms with E-state index in [2.05, 4.69) is 29.2 Å². The Kier molecular flexibility index (Phi) is 5.18. The zero-order chi connectivity index (χ0) is 19.7. The van der Waals surface area contributed by atoms with Crippen molar-refractivity contribution in [2.24, 2.45) is 5.92 Å². The number of aryl methyl sites for hydroxylation is 1. The van der Waals surface area contributed by atoms with E-state index in [9.17, 15) is 14.7 Å². The van der Waals surface area contributed by atoms with Gasteiger partial charge in [-0.05, 0) is 74.5 Å². The summed E-state index contributed by atoms with van der Waals surface area (Å²) in [4.78, 5) is 29.1. The third-order valence-electron chi connectivity index (χ3n) is 6.00. The molecule has 5 nitrogen and oxygen atoms in total. The second kappa shape index (κ2) is 7.76. The average molecular weight is 378 g/mol. The SMILES string of the molecule is Cc1cc(O)ccc1N1C(=O)CC(N2CCC(Cc3ccccc3)CC2)C1=O. The van der Waals surface area contributed by atoms with Gasteiger partial charge in [0.2, 0.25) is 5.91 Å². The molecule has 5 heteroatoms. The number of benzene rings is 2. The van der Waals surface area contributed by atoms with Crippen LogP contribution in [0.1, 0.15) is 30.4 Å². The van der Waals surface area contributed by atoms with Crippen molar-refractivity contribution in [3.05, 3.63) is 59.7 Å². The van der Waals surface area contributed by atoms with Gasteiger partial charge in [-0.25, -0.2) is 4.90 Å². The van der Waals surface area contributed by atoms with Crippen LogP contribution in [-0.2, 0) is 16.0 Å². The van der Waals surface area contributed by atoms with Crippen LogP contribution < -0.4 is 4.90 Å². The molecule has 2 aromatic carbocycles. The summed E-state index contributed by atoms with van der Waals surface area (Å²) in [5.74, 6) is 0.467. The molecule has 28 heavy (non-hydrogen) atoms. The van der Waals surface area contributed by atoms with E-state index in [4.69, 9.17) is 0 Å². The number of amides is 2. The molecule has 0 spiro atoms. The number of phenolic OH excluding ortho intramolecular Hbond substituents is 1. The largest absolute Gasteiger partial charge is 0.508 e. The summed E-state index contributed by atoms with van der Waals surface area (Å²) in [5.41, 5.74) is 2.67. The maximum absolute atomic E-state index is 13.0. The monoisotopic (exact) mass is 378 g/mol. The van der Waals surface area contributed by atoms with E-state index in [0.717, 1.165) is 37.9 Å². The lowest BCUT2D eigenvalue weighted by molar-refractivity contribution is -0.123. The molecule has 1 unspecified atom stereocenters. The van der Waals surface area contributed by atoms with E-state index in [1.165, 1.54) is 16.5 Å². The van der Waals surface area contributed by atoms with E-state index in [1.807, 2.05) is 6.07 Å². The van der Waals surface area contributed by atoms with Crippen molar-refractivity contribution in [1.29, 1.82) is 0 Å². The number of anilines is 1. The van der Waals surface area contributed by atoms with Crippen LogP contribution in [0.25, 0.3) is 0 Å².